The molecule has 1 aromatic rings. The van der Waals surface area contributed by atoms with Crippen LogP contribution in [0, 0.1) is 0 Å². The smallest absolute Gasteiger partial charge is 0.246 e. The van der Waals surface area contributed by atoms with E-state index >= 15 is 0 Å². The van der Waals surface area contributed by atoms with Gasteiger partial charge < -0.3 is 10.8 Å². The number of rotatable bonds is 2. The Morgan fingerprint density at radius 2 is 2.06 bits per heavy atom. The molecule has 1 aromatic heterocycles. The molecule has 0 atom stereocenters. The van der Waals surface area contributed by atoms with Crippen molar-refractivity contribution in [2.75, 3.05) is 18.8 Å². The number of nitrogen functional groups attached to an aromatic ring is 1. The second kappa shape index (κ2) is 4.49. The summed E-state index contributed by atoms with van der Waals surface area (Å²) in [5.41, 5.74) is 5.08. The van der Waals surface area contributed by atoms with Crippen molar-refractivity contribution in [1.82, 2.24) is 9.29 Å². The Balaban J connectivity index is 2.26. The summed E-state index contributed by atoms with van der Waals surface area (Å²) in [4.78, 5) is 3.83. The van der Waals surface area contributed by atoms with Crippen LogP contribution in [0.1, 0.15) is 19.8 Å². The third-order valence-electron chi connectivity index (χ3n) is 3.23. The van der Waals surface area contributed by atoms with E-state index < -0.39 is 15.6 Å². The standard InChI is InChI=1S/C11H17N3O3S/c1-11(15)3-6-14(7-4-11)18(16,17)10-8-13-5-2-9(10)12/h2,5,8,15H,3-4,6-7H2,1H3,(H2,12,13). The van der Waals surface area contributed by atoms with E-state index in [1.807, 2.05) is 0 Å². The number of aliphatic hydroxyl groups is 1. The highest BCUT2D eigenvalue weighted by atomic mass is 32.2. The summed E-state index contributed by atoms with van der Waals surface area (Å²) in [7, 11) is -3.61. The summed E-state index contributed by atoms with van der Waals surface area (Å²) in [6.45, 7) is 2.31. The zero-order chi connectivity index (χ0) is 13.4. The lowest BCUT2D eigenvalue weighted by molar-refractivity contribution is 0.0126. The van der Waals surface area contributed by atoms with Crippen molar-refractivity contribution in [3.05, 3.63) is 18.5 Å². The Hall–Kier alpha value is -1.18. The lowest BCUT2D eigenvalue weighted by Crippen LogP contribution is -2.45. The Kier molecular flexibility index (Phi) is 3.31. The second-order valence-electron chi connectivity index (χ2n) is 4.81. The van der Waals surface area contributed by atoms with Gasteiger partial charge in [-0.1, -0.05) is 0 Å². The number of pyridine rings is 1. The molecule has 1 aliphatic heterocycles. The summed E-state index contributed by atoms with van der Waals surface area (Å²) in [6.07, 6.45) is 3.56. The molecule has 1 fully saturated rings. The molecule has 0 aromatic carbocycles. The number of piperidine rings is 1. The van der Waals surface area contributed by atoms with Gasteiger partial charge in [-0.25, -0.2) is 8.42 Å². The lowest BCUT2D eigenvalue weighted by atomic mass is 9.95. The maximum absolute atomic E-state index is 12.3. The molecule has 0 bridgehead atoms. The third-order valence-corrected chi connectivity index (χ3v) is 5.18. The quantitative estimate of drug-likeness (QED) is 0.801. The van der Waals surface area contributed by atoms with E-state index in [2.05, 4.69) is 4.98 Å². The highest BCUT2D eigenvalue weighted by Crippen LogP contribution is 2.27. The van der Waals surface area contributed by atoms with Gasteiger partial charge in [-0.2, -0.15) is 4.31 Å². The van der Waals surface area contributed by atoms with Gasteiger partial charge in [-0.15, -0.1) is 0 Å². The molecule has 100 valence electrons. The minimum Gasteiger partial charge on any atom is -0.398 e. The molecule has 3 N–H and O–H groups in total. The Morgan fingerprint density at radius 3 is 2.61 bits per heavy atom. The first-order chi connectivity index (χ1) is 8.33. The summed E-state index contributed by atoms with van der Waals surface area (Å²) in [5.74, 6) is 0. The molecule has 2 rings (SSSR count). The molecular weight excluding hydrogens is 254 g/mol. The summed E-state index contributed by atoms with van der Waals surface area (Å²) < 4.78 is 26.0. The first-order valence-corrected chi connectivity index (χ1v) is 7.19. The van der Waals surface area contributed by atoms with Crippen LogP contribution in [0.5, 0.6) is 0 Å². The van der Waals surface area contributed by atoms with E-state index in [1.54, 1.807) is 6.92 Å². The number of hydrogen-bond acceptors (Lipinski definition) is 5. The first kappa shape index (κ1) is 13.3. The zero-order valence-electron chi connectivity index (χ0n) is 10.2. The molecule has 6 nitrogen and oxygen atoms in total. The van der Waals surface area contributed by atoms with Crippen LogP contribution in [-0.2, 0) is 10.0 Å². The lowest BCUT2D eigenvalue weighted by Gasteiger charge is -2.35. The van der Waals surface area contributed by atoms with Crippen LogP contribution in [0.15, 0.2) is 23.4 Å². The topological polar surface area (TPSA) is 96.5 Å². The van der Waals surface area contributed by atoms with E-state index in [9.17, 15) is 13.5 Å². The van der Waals surface area contributed by atoms with Gasteiger partial charge in [-0.05, 0) is 25.8 Å². The fraction of sp³-hybridized carbons (Fsp3) is 0.545. The van der Waals surface area contributed by atoms with Crippen molar-refractivity contribution >= 4 is 15.7 Å². The van der Waals surface area contributed by atoms with E-state index in [0.717, 1.165) is 0 Å². The van der Waals surface area contributed by atoms with Gasteiger partial charge in [0.15, 0.2) is 0 Å². The van der Waals surface area contributed by atoms with Gasteiger partial charge >= 0.3 is 0 Å². The fourth-order valence-corrected chi connectivity index (χ4v) is 3.46. The minimum absolute atomic E-state index is 0.0338. The molecule has 1 aliphatic rings. The van der Waals surface area contributed by atoms with Gasteiger partial charge in [0.05, 0.1) is 11.3 Å². The average molecular weight is 271 g/mol. The second-order valence-corrected chi connectivity index (χ2v) is 6.72. The van der Waals surface area contributed by atoms with Crippen LogP contribution in [-0.4, -0.2) is 41.5 Å². The monoisotopic (exact) mass is 271 g/mol. The summed E-state index contributed by atoms with van der Waals surface area (Å²) in [6, 6.07) is 1.47. The average Bonchev–Trinajstić information content (AvgIpc) is 2.28. The minimum atomic E-state index is -3.61. The van der Waals surface area contributed by atoms with Crippen molar-refractivity contribution in [3.8, 4) is 0 Å². The van der Waals surface area contributed by atoms with Crippen molar-refractivity contribution in [3.63, 3.8) is 0 Å². The molecule has 0 radical (unpaired) electrons. The van der Waals surface area contributed by atoms with Gasteiger partial charge in [-0.3, -0.25) is 4.98 Å². The van der Waals surface area contributed by atoms with Crippen LogP contribution < -0.4 is 5.73 Å². The predicted molar refractivity (Wildman–Crippen MR) is 67.3 cm³/mol. The van der Waals surface area contributed by atoms with Crippen molar-refractivity contribution in [1.29, 1.82) is 0 Å². The third kappa shape index (κ3) is 2.47. The maximum Gasteiger partial charge on any atom is 0.246 e. The zero-order valence-corrected chi connectivity index (χ0v) is 11.0. The van der Waals surface area contributed by atoms with E-state index in [-0.39, 0.29) is 10.6 Å². The van der Waals surface area contributed by atoms with E-state index in [0.29, 0.717) is 25.9 Å². The van der Waals surface area contributed by atoms with Gasteiger partial charge in [0.2, 0.25) is 10.0 Å². The number of hydrogen-bond donors (Lipinski definition) is 2. The molecule has 1 saturated heterocycles. The van der Waals surface area contributed by atoms with Crippen LogP contribution in [0.4, 0.5) is 5.69 Å². The first-order valence-electron chi connectivity index (χ1n) is 5.75. The molecule has 0 amide bonds. The Morgan fingerprint density at radius 1 is 1.44 bits per heavy atom. The van der Waals surface area contributed by atoms with Crippen molar-refractivity contribution in [2.24, 2.45) is 0 Å². The van der Waals surface area contributed by atoms with Gasteiger partial charge in [0, 0.05) is 25.5 Å². The molecule has 7 heteroatoms. The predicted octanol–water partition coefficient (Wildman–Crippen LogP) is 0.199. The number of aromatic nitrogens is 1. The number of sulfonamides is 1. The highest BCUT2D eigenvalue weighted by molar-refractivity contribution is 7.89. The van der Waals surface area contributed by atoms with Gasteiger partial charge in [0.1, 0.15) is 4.90 Å². The van der Waals surface area contributed by atoms with Crippen LogP contribution in [0.3, 0.4) is 0 Å². The van der Waals surface area contributed by atoms with Crippen molar-refractivity contribution in [2.45, 2.75) is 30.3 Å². The molecule has 0 unspecified atom stereocenters. The van der Waals surface area contributed by atoms with Crippen LogP contribution in [0.2, 0.25) is 0 Å². The Bertz CT molecular complexity index is 532. The van der Waals surface area contributed by atoms with E-state index in [4.69, 9.17) is 5.73 Å². The number of nitrogens with two attached hydrogens (primary N) is 1. The molecule has 0 spiro atoms. The molecule has 0 aliphatic carbocycles. The van der Waals surface area contributed by atoms with Gasteiger partial charge in [0.25, 0.3) is 0 Å². The number of nitrogens with zero attached hydrogens (tertiary/aromatic N) is 2. The summed E-state index contributed by atoms with van der Waals surface area (Å²) in [5, 5.41) is 9.82. The normalized spacial score (nSPS) is 20.8. The molecular formula is C11H17N3O3S. The van der Waals surface area contributed by atoms with Crippen LogP contribution in [0.25, 0.3) is 0 Å². The highest BCUT2D eigenvalue weighted by Gasteiger charge is 2.34. The molecule has 18 heavy (non-hydrogen) atoms. The molecule has 2 heterocycles. The molecule has 0 saturated carbocycles. The fourth-order valence-electron chi connectivity index (χ4n) is 1.95. The van der Waals surface area contributed by atoms with Crippen LogP contribution >= 0.6 is 0 Å². The maximum atomic E-state index is 12.3. The Labute approximate surface area is 106 Å². The number of anilines is 1. The largest absolute Gasteiger partial charge is 0.398 e. The SMILES string of the molecule is CC1(O)CCN(S(=O)(=O)c2cnccc2N)CC1. The van der Waals surface area contributed by atoms with Crippen molar-refractivity contribution < 1.29 is 13.5 Å². The summed E-state index contributed by atoms with van der Waals surface area (Å²) >= 11 is 0. The van der Waals surface area contributed by atoms with E-state index in [1.165, 1.54) is 22.8 Å².